The molecule has 2 aromatic rings. The maximum absolute atomic E-state index is 13.0. The summed E-state index contributed by atoms with van der Waals surface area (Å²) in [4.78, 5) is 14.9. The van der Waals surface area contributed by atoms with Crippen LogP contribution in [-0.2, 0) is 5.41 Å². The molecule has 6 nitrogen and oxygen atoms in total. The SMILES string of the molecule is O=C(c1cn(C2CCNCC2)nn1)N1CC2(CC2)c2ccccc21. The third-order valence-electron chi connectivity index (χ3n) is 5.74. The van der Waals surface area contributed by atoms with Crippen molar-refractivity contribution in [1.82, 2.24) is 20.3 Å². The minimum absolute atomic E-state index is 0.0218. The fraction of sp³-hybridized carbons (Fsp3) is 0.500. The molecule has 3 heterocycles. The molecule has 2 fully saturated rings. The lowest BCUT2D eigenvalue weighted by Gasteiger charge is -2.22. The van der Waals surface area contributed by atoms with Gasteiger partial charge >= 0.3 is 0 Å². The molecule has 0 unspecified atom stereocenters. The number of carbonyl (C=O) groups excluding carboxylic acids is 1. The summed E-state index contributed by atoms with van der Waals surface area (Å²) in [6.07, 6.45) is 6.25. The number of hydrogen-bond acceptors (Lipinski definition) is 4. The molecule has 5 rings (SSSR count). The Kier molecular flexibility index (Phi) is 3.03. The molecule has 1 spiro atoms. The fourth-order valence-corrected chi connectivity index (χ4v) is 4.15. The molecular weight excluding hydrogens is 302 g/mol. The molecule has 1 saturated carbocycles. The van der Waals surface area contributed by atoms with Crippen LogP contribution in [0.1, 0.15) is 47.8 Å². The highest BCUT2D eigenvalue weighted by Crippen LogP contribution is 2.56. The number of amides is 1. The van der Waals surface area contributed by atoms with Gasteiger partial charge in [0.15, 0.2) is 5.69 Å². The van der Waals surface area contributed by atoms with Crippen LogP contribution in [0.2, 0.25) is 0 Å². The summed E-state index contributed by atoms with van der Waals surface area (Å²) in [5.74, 6) is -0.0218. The van der Waals surface area contributed by atoms with Crippen LogP contribution in [0.5, 0.6) is 0 Å². The lowest BCUT2D eigenvalue weighted by atomic mass is 9.99. The van der Waals surface area contributed by atoms with E-state index in [1.807, 2.05) is 21.8 Å². The normalized spacial score (nSPS) is 21.9. The van der Waals surface area contributed by atoms with Crippen LogP contribution < -0.4 is 10.2 Å². The quantitative estimate of drug-likeness (QED) is 0.917. The number of nitrogens with one attached hydrogen (secondary N) is 1. The molecule has 1 aromatic heterocycles. The van der Waals surface area contributed by atoms with Crippen LogP contribution in [0.25, 0.3) is 0 Å². The van der Waals surface area contributed by atoms with E-state index in [1.54, 1.807) is 0 Å². The van der Waals surface area contributed by atoms with Crippen LogP contribution >= 0.6 is 0 Å². The lowest BCUT2D eigenvalue weighted by molar-refractivity contribution is 0.0982. The van der Waals surface area contributed by atoms with Crippen LogP contribution in [-0.4, -0.2) is 40.5 Å². The minimum atomic E-state index is -0.0218. The van der Waals surface area contributed by atoms with Gasteiger partial charge in [0.05, 0.1) is 12.2 Å². The third kappa shape index (κ3) is 2.09. The zero-order valence-corrected chi connectivity index (χ0v) is 13.6. The monoisotopic (exact) mass is 323 g/mol. The zero-order valence-electron chi connectivity index (χ0n) is 13.6. The molecule has 1 saturated heterocycles. The summed E-state index contributed by atoms with van der Waals surface area (Å²) in [5.41, 5.74) is 3.04. The summed E-state index contributed by atoms with van der Waals surface area (Å²) < 4.78 is 1.88. The molecule has 1 aromatic carbocycles. The van der Waals surface area contributed by atoms with E-state index in [2.05, 4.69) is 33.8 Å². The number of aromatic nitrogens is 3. The number of para-hydroxylation sites is 1. The smallest absolute Gasteiger partial charge is 0.280 e. The average molecular weight is 323 g/mol. The Morgan fingerprint density at radius 3 is 2.79 bits per heavy atom. The van der Waals surface area contributed by atoms with Gasteiger partial charge in [0.25, 0.3) is 5.91 Å². The van der Waals surface area contributed by atoms with Crippen LogP contribution in [0.4, 0.5) is 5.69 Å². The van der Waals surface area contributed by atoms with Crippen LogP contribution in [0.3, 0.4) is 0 Å². The fourth-order valence-electron chi connectivity index (χ4n) is 4.15. The molecule has 1 N–H and O–H groups in total. The molecule has 24 heavy (non-hydrogen) atoms. The Morgan fingerprint density at radius 1 is 1.21 bits per heavy atom. The minimum Gasteiger partial charge on any atom is -0.317 e. The van der Waals surface area contributed by atoms with E-state index < -0.39 is 0 Å². The molecule has 6 heteroatoms. The Balaban J connectivity index is 1.42. The molecule has 0 radical (unpaired) electrons. The summed E-state index contributed by atoms with van der Waals surface area (Å²) in [6, 6.07) is 8.65. The van der Waals surface area contributed by atoms with E-state index in [-0.39, 0.29) is 11.3 Å². The van der Waals surface area contributed by atoms with Crippen molar-refractivity contribution in [2.75, 3.05) is 24.5 Å². The number of anilines is 1. The van der Waals surface area contributed by atoms with E-state index in [1.165, 1.54) is 18.4 Å². The van der Waals surface area contributed by atoms with Crippen molar-refractivity contribution in [3.8, 4) is 0 Å². The van der Waals surface area contributed by atoms with Crippen molar-refractivity contribution in [1.29, 1.82) is 0 Å². The molecule has 0 bridgehead atoms. The number of piperidine rings is 1. The van der Waals surface area contributed by atoms with E-state index in [0.717, 1.165) is 38.2 Å². The largest absolute Gasteiger partial charge is 0.317 e. The van der Waals surface area contributed by atoms with Gasteiger partial charge in [0.2, 0.25) is 0 Å². The van der Waals surface area contributed by atoms with Crippen molar-refractivity contribution in [2.45, 2.75) is 37.1 Å². The second-order valence-electron chi connectivity index (χ2n) is 7.25. The molecule has 2 aliphatic heterocycles. The summed E-state index contributed by atoms with van der Waals surface area (Å²) in [7, 11) is 0. The number of fused-ring (bicyclic) bond motifs is 2. The number of nitrogens with zero attached hydrogens (tertiary/aromatic N) is 4. The maximum atomic E-state index is 13.0. The second-order valence-corrected chi connectivity index (χ2v) is 7.25. The van der Waals surface area contributed by atoms with Gasteiger partial charge in [-0.15, -0.1) is 5.10 Å². The van der Waals surface area contributed by atoms with Gasteiger partial charge in [-0.25, -0.2) is 4.68 Å². The number of carbonyl (C=O) groups is 1. The number of benzene rings is 1. The zero-order chi connectivity index (χ0) is 16.1. The highest BCUT2D eigenvalue weighted by Gasteiger charge is 2.53. The highest BCUT2D eigenvalue weighted by atomic mass is 16.2. The summed E-state index contributed by atoms with van der Waals surface area (Å²) in [6.45, 7) is 2.77. The average Bonchev–Trinajstić information content (AvgIpc) is 3.12. The van der Waals surface area contributed by atoms with Crippen LogP contribution in [0.15, 0.2) is 30.5 Å². The third-order valence-corrected chi connectivity index (χ3v) is 5.74. The van der Waals surface area contributed by atoms with Gasteiger partial charge in [0.1, 0.15) is 0 Å². The second kappa shape index (κ2) is 5.14. The van der Waals surface area contributed by atoms with E-state index in [4.69, 9.17) is 0 Å². The Labute approximate surface area is 140 Å². The van der Waals surface area contributed by atoms with Gasteiger partial charge in [-0.05, 0) is 50.4 Å². The topological polar surface area (TPSA) is 63.1 Å². The lowest BCUT2D eigenvalue weighted by Crippen LogP contribution is -2.32. The van der Waals surface area contributed by atoms with Crippen molar-refractivity contribution < 1.29 is 4.79 Å². The molecule has 0 atom stereocenters. The first kappa shape index (κ1) is 14.2. The summed E-state index contributed by atoms with van der Waals surface area (Å²) in [5, 5.41) is 11.8. The first-order chi connectivity index (χ1) is 11.8. The van der Waals surface area contributed by atoms with Gasteiger partial charge in [-0.1, -0.05) is 23.4 Å². The van der Waals surface area contributed by atoms with Crippen molar-refractivity contribution >= 4 is 11.6 Å². The van der Waals surface area contributed by atoms with Crippen molar-refractivity contribution in [2.24, 2.45) is 0 Å². The first-order valence-corrected chi connectivity index (χ1v) is 8.81. The standard InChI is InChI=1S/C18H21N5O/c24-17(15-11-23(21-20-15)13-5-9-19-10-6-13)22-12-18(7-8-18)14-3-1-2-4-16(14)22/h1-4,11,13,19H,5-10,12H2. The number of hydrogen-bond donors (Lipinski definition) is 1. The molecule has 1 aliphatic carbocycles. The Hall–Kier alpha value is -2.21. The first-order valence-electron chi connectivity index (χ1n) is 8.81. The van der Waals surface area contributed by atoms with Crippen molar-refractivity contribution in [3.63, 3.8) is 0 Å². The molecule has 124 valence electrons. The predicted molar refractivity (Wildman–Crippen MR) is 90.2 cm³/mol. The Bertz CT molecular complexity index is 788. The molecule has 3 aliphatic rings. The maximum Gasteiger partial charge on any atom is 0.280 e. The van der Waals surface area contributed by atoms with E-state index in [9.17, 15) is 4.79 Å². The van der Waals surface area contributed by atoms with Gasteiger partial charge < -0.3 is 10.2 Å². The van der Waals surface area contributed by atoms with Crippen LogP contribution in [0, 0.1) is 0 Å². The Morgan fingerprint density at radius 2 is 2.00 bits per heavy atom. The highest BCUT2D eigenvalue weighted by molar-refractivity contribution is 6.06. The molecular formula is C18H21N5O. The van der Waals surface area contributed by atoms with Gasteiger partial charge in [-0.3, -0.25) is 4.79 Å². The van der Waals surface area contributed by atoms with E-state index in [0.29, 0.717) is 11.7 Å². The molecule has 1 amide bonds. The van der Waals surface area contributed by atoms with Gasteiger partial charge in [0, 0.05) is 17.6 Å². The predicted octanol–water partition coefficient (Wildman–Crippen LogP) is 1.89. The van der Waals surface area contributed by atoms with Gasteiger partial charge in [-0.2, -0.15) is 0 Å². The van der Waals surface area contributed by atoms with Crippen molar-refractivity contribution in [3.05, 3.63) is 41.7 Å². The number of rotatable bonds is 2. The summed E-state index contributed by atoms with van der Waals surface area (Å²) >= 11 is 0. The van der Waals surface area contributed by atoms with E-state index >= 15 is 0 Å².